The van der Waals surface area contributed by atoms with Crippen LogP contribution in [0, 0.1) is 5.92 Å². The van der Waals surface area contributed by atoms with E-state index < -0.39 is 14.5 Å². The van der Waals surface area contributed by atoms with Crippen molar-refractivity contribution in [1.82, 2.24) is 4.90 Å². The molecule has 2 amide bonds. The highest BCUT2D eigenvalue weighted by atomic mass is 28.4. The maximum Gasteiger partial charge on any atom is 0.246 e. The molecule has 8 heteroatoms. The lowest BCUT2D eigenvalue weighted by Gasteiger charge is -2.30. The molecule has 2 aliphatic heterocycles. The van der Waals surface area contributed by atoms with Crippen LogP contribution >= 0.6 is 0 Å². The smallest absolute Gasteiger partial charge is 0.246 e. The van der Waals surface area contributed by atoms with Crippen LogP contribution in [0.25, 0.3) is 0 Å². The average Bonchev–Trinajstić information content (AvgIpc) is 3.23. The molecule has 6 nitrogen and oxygen atoms in total. The third-order valence-corrected chi connectivity index (χ3v) is 10.8. The van der Waals surface area contributed by atoms with Gasteiger partial charge in [0.25, 0.3) is 0 Å². The van der Waals surface area contributed by atoms with Crippen molar-refractivity contribution in [3.8, 4) is 0 Å². The molecule has 4 rings (SSSR count). The second kappa shape index (κ2) is 13.2. The number of aliphatic hydroxyl groups is 1. The van der Waals surface area contributed by atoms with Crippen LogP contribution in [0.2, 0.25) is 18.6 Å². The van der Waals surface area contributed by atoms with E-state index in [1.807, 2.05) is 47.4 Å². The van der Waals surface area contributed by atoms with Crippen LogP contribution in [0.5, 0.6) is 0 Å². The number of anilines is 1. The maximum atomic E-state index is 15.6. The van der Waals surface area contributed by atoms with Gasteiger partial charge in [0.15, 0.2) is 0 Å². The fraction of sp³-hybridized carbons (Fsp3) is 0.548. The molecule has 2 aliphatic rings. The zero-order valence-electron chi connectivity index (χ0n) is 23.5. The van der Waals surface area contributed by atoms with Crippen molar-refractivity contribution >= 4 is 25.9 Å². The predicted octanol–water partition coefficient (Wildman–Crippen LogP) is 5.50. The molecule has 0 radical (unpaired) electrons. The van der Waals surface area contributed by atoms with E-state index in [-0.39, 0.29) is 48.9 Å². The Balaban J connectivity index is 1.39. The Hall–Kier alpha value is -2.55. The summed E-state index contributed by atoms with van der Waals surface area (Å²) in [7, 11) is -3.11. The SMILES string of the molecule is C[C@@H]1[C@@H]([Si](C)(C)F)[C@H](CC(=O)N(CCO)Cc2ccccc2)O[C@@H]1CCc1ccc(N2CCCCC2=O)cc1. The van der Waals surface area contributed by atoms with E-state index in [1.54, 1.807) is 18.0 Å². The monoisotopic (exact) mass is 554 g/mol. The van der Waals surface area contributed by atoms with Gasteiger partial charge in [-0.25, -0.2) is 0 Å². The van der Waals surface area contributed by atoms with E-state index in [4.69, 9.17) is 4.74 Å². The summed E-state index contributed by atoms with van der Waals surface area (Å²) in [6, 6.07) is 17.9. The molecule has 39 heavy (non-hydrogen) atoms. The van der Waals surface area contributed by atoms with Crippen LogP contribution in [0.4, 0.5) is 9.80 Å². The Kier molecular flexibility index (Phi) is 9.96. The molecule has 0 unspecified atom stereocenters. The highest BCUT2D eigenvalue weighted by molar-refractivity contribution is 6.72. The van der Waals surface area contributed by atoms with E-state index >= 15 is 4.11 Å². The molecular weight excluding hydrogens is 511 g/mol. The number of benzene rings is 2. The lowest BCUT2D eigenvalue weighted by molar-refractivity contribution is -0.135. The molecule has 2 heterocycles. The molecular formula is C31H43FN2O4Si. The second-order valence-corrected chi connectivity index (χ2v) is 15.4. The number of carbonyl (C=O) groups excluding carboxylic acids is 2. The zero-order valence-corrected chi connectivity index (χ0v) is 24.5. The Morgan fingerprint density at radius 2 is 1.79 bits per heavy atom. The molecule has 2 saturated heterocycles. The predicted molar refractivity (Wildman–Crippen MR) is 155 cm³/mol. The Morgan fingerprint density at radius 1 is 1.08 bits per heavy atom. The first-order valence-electron chi connectivity index (χ1n) is 14.3. The van der Waals surface area contributed by atoms with Gasteiger partial charge in [-0.3, -0.25) is 9.59 Å². The third kappa shape index (κ3) is 7.56. The molecule has 0 aromatic heterocycles. The summed E-state index contributed by atoms with van der Waals surface area (Å²) < 4.78 is 22.0. The minimum atomic E-state index is -3.11. The first-order chi connectivity index (χ1) is 18.7. The summed E-state index contributed by atoms with van der Waals surface area (Å²) in [4.78, 5) is 29.1. The maximum absolute atomic E-state index is 15.6. The van der Waals surface area contributed by atoms with E-state index in [2.05, 4.69) is 19.1 Å². The van der Waals surface area contributed by atoms with Gasteiger partial charge in [-0.1, -0.05) is 49.4 Å². The van der Waals surface area contributed by atoms with E-state index in [1.165, 1.54) is 0 Å². The largest absolute Gasteiger partial charge is 0.395 e. The van der Waals surface area contributed by atoms with Gasteiger partial charge in [0.05, 0.1) is 25.2 Å². The number of hydrogen-bond donors (Lipinski definition) is 1. The Bertz CT molecular complexity index is 1090. The number of piperidine rings is 1. The second-order valence-electron chi connectivity index (χ2n) is 11.6. The zero-order chi connectivity index (χ0) is 28.0. The number of aliphatic hydroxyl groups excluding tert-OH is 1. The van der Waals surface area contributed by atoms with Crippen LogP contribution in [-0.4, -0.2) is 62.1 Å². The number of halogens is 1. The summed E-state index contributed by atoms with van der Waals surface area (Å²) in [5.41, 5.74) is 2.82. The summed E-state index contributed by atoms with van der Waals surface area (Å²) >= 11 is 0. The fourth-order valence-electron chi connectivity index (χ4n) is 6.32. The van der Waals surface area contributed by atoms with Gasteiger partial charge < -0.3 is 23.8 Å². The van der Waals surface area contributed by atoms with Crippen molar-refractivity contribution in [2.24, 2.45) is 5.92 Å². The number of aryl methyl sites for hydroxylation is 1. The van der Waals surface area contributed by atoms with Gasteiger partial charge in [-0.15, -0.1) is 0 Å². The topological polar surface area (TPSA) is 70.1 Å². The molecule has 0 bridgehead atoms. The van der Waals surface area contributed by atoms with E-state index in [9.17, 15) is 14.7 Å². The number of rotatable bonds is 11. The minimum absolute atomic E-state index is 0.0140. The Morgan fingerprint density at radius 3 is 2.44 bits per heavy atom. The highest BCUT2D eigenvalue weighted by Gasteiger charge is 2.51. The van der Waals surface area contributed by atoms with Crippen LogP contribution in [0.1, 0.15) is 50.2 Å². The summed E-state index contributed by atoms with van der Waals surface area (Å²) in [5, 5.41) is 9.57. The molecule has 0 saturated carbocycles. The minimum Gasteiger partial charge on any atom is -0.395 e. The van der Waals surface area contributed by atoms with Crippen molar-refractivity contribution < 1.29 is 23.5 Å². The van der Waals surface area contributed by atoms with Crippen LogP contribution < -0.4 is 4.90 Å². The molecule has 4 atom stereocenters. The van der Waals surface area contributed by atoms with Crippen molar-refractivity contribution in [3.63, 3.8) is 0 Å². The molecule has 1 N–H and O–H groups in total. The summed E-state index contributed by atoms with van der Waals surface area (Å²) in [5.74, 6) is 0.0881. The Labute approximate surface area is 233 Å². The average molecular weight is 555 g/mol. The van der Waals surface area contributed by atoms with Crippen LogP contribution in [0.3, 0.4) is 0 Å². The standard InChI is InChI=1S/C31H43FN2O4Si/c1-23-27(17-14-24-12-15-26(16-13-24)34-18-8-7-11-29(34)36)38-28(31(23)39(2,3)32)21-30(37)33(19-20-35)22-25-9-5-4-6-10-25/h4-6,9-10,12-13,15-16,23,27-28,31,35H,7-8,11,14,17-22H2,1-3H3/t23-,27+,28-,31+/m0/s1. The first-order valence-corrected chi connectivity index (χ1v) is 17.3. The normalized spacial score (nSPS) is 23.7. The number of nitrogens with zero attached hydrogens (tertiary/aromatic N) is 2. The highest BCUT2D eigenvalue weighted by Crippen LogP contribution is 2.47. The van der Waals surface area contributed by atoms with Crippen molar-refractivity contribution in [3.05, 3.63) is 65.7 Å². The van der Waals surface area contributed by atoms with E-state index in [0.717, 1.165) is 49.0 Å². The van der Waals surface area contributed by atoms with Gasteiger partial charge in [0.1, 0.15) is 0 Å². The fourth-order valence-corrected chi connectivity index (χ4v) is 8.87. The quantitative estimate of drug-likeness (QED) is 0.294. The number of amides is 2. The molecule has 2 aromatic carbocycles. The first kappa shape index (κ1) is 29.4. The number of hydrogen-bond acceptors (Lipinski definition) is 4. The van der Waals surface area contributed by atoms with Gasteiger partial charge in [0, 0.05) is 37.3 Å². The molecule has 2 fully saturated rings. The van der Waals surface area contributed by atoms with Gasteiger partial charge in [0.2, 0.25) is 20.2 Å². The molecule has 212 valence electrons. The summed E-state index contributed by atoms with van der Waals surface area (Å²) in [6.45, 7) is 6.79. The van der Waals surface area contributed by atoms with Crippen molar-refractivity contribution in [2.75, 3.05) is 24.6 Å². The van der Waals surface area contributed by atoms with Gasteiger partial charge >= 0.3 is 0 Å². The van der Waals surface area contributed by atoms with Crippen molar-refractivity contribution in [2.45, 2.75) is 82.8 Å². The lowest BCUT2D eigenvalue weighted by atomic mass is 9.95. The molecule has 2 aromatic rings. The van der Waals surface area contributed by atoms with Crippen molar-refractivity contribution in [1.29, 1.82) is 0 Å². The van der Waals surface area contributed by atoms with Gasteiger partial charge in [-0.2, -0.15) is 0 Å². The number of ether oxygens (including phenoxy) is 1. The van der Waals surface area contributed by atoms with Gasteiger partial charge in [-0.05, 0) is 68.0 Å². The number of carbonyl (C=O) groups is 2. The molecule has 0 spiro atoms. The molecule has 0 aliphatic carbocycles. The van der Waals surface area contributed by atoms with Crippen LogP contribution in [0.15, 0.2) is 54.6 Å². The van der Waals surface area contributed by atoms with Crippen LogP contribution in [-0.2, 0) is 27.3 Å². The lowest BCUT2D eigenvalue weighted by Crippen LogP contribution is -2.40. The van der Waals surface area contributed by atoms with E-state index in [0.29, 0.717) is 13.0 Å². The third-order valence-electron chi connectivity index (χ3n) is 8.30. The summed E-state index contributed by atoms with van der Waals surface area (Å²) in [6.07, 6.45) is 3.68.